The highest BCUT2D eigenvalue weighted by Crippen LogP contribution is 2.26. The van der Waals surface area contributed by atoms with Gasteiger partial charge < -0.3 is 14.4 Å². The topological polar surface area (TPSA) is 45.5 Å². The molecule has 150 valence electrons. The van der Waals surface area contributed by atoms with Crippen LogP contribution in [0.25, 0.3) is 0 Å². The maximum atomic E-state index is 12.9. The van der Waals surface area contributed by atoms with Gasteiger partial charge in [0, 0.05) is 38.1 Å². The number of benzene rings is 1. The quantitative estimate of drug-likeness (QED) is 0.806. The van der Waals surface area contributed by atoms with Crippen LogP contribution in [0.2, 0.25) is 0 Å². The number of hydrogen-bond donors (Lipinski definition) is 0. The Bertz CT molecular complexity index is 929. The number of carbonyl (C=O) groups is 1. The number of carbonyl (C=O) groups excluding carboxylic acids is 1. The number of anilines is 1. The van der Waals surface area contributed by atoms with Crippen molar-refractivity contribution in [3.05, 3.63) is 63.6 Å². The van der Waals surface area contributed by atoms with Gasteiger partial charge in [-0.3, -0.25) is 9.59 Å². The van der Waals surface area contributed by atoms with E-state index in [-0.39, 0.29) is 5.91 Å². The summed E-state index contributed by atoms with van der Waals surface area (Å²) in [5, 5.41) is 0. The Morgan fingerprint density at radius 3 is 2.36 bits per heavy atom. The van der Waals surface area contributed by atoms with Crippen molar-refractivity contribution in [2.75, 3.05) is 31.1 Å². The third kappa shape index (κ3) is 4.05. The molecule has 1 fully saturated rings. The van der Waals surface area contributed by atoms with Crippen molar-refractivity contribution in [2.24, 2.45) is 0 Å². The number of alkyl halides is 3. The van der Waals surface area contributed by atoms with Crippen LogP contribution >= 0.6 is 0 Å². The Morgan fingerprint density at radius 1 is 1.04 bits per heavy atom. The summed E-state index contributed by atoms with van der Waals surface area (Å²) in [6.45, 7) is 5.89. The fraction of sp³-hybridized carbons (Fsp3) is 0.400. The lowest BCUT2D eigenvalue weighted by Crippen LogP contribution is -2.50. The van der Waals surface area contributed by atoms with Crippen LogP contribution in [0, 0.1) is 13.8 Å². The molecule has 0 saturated carbocycles. The molecule has 0 bridgehead atoms. The number of amides is 1. The highest BCUT2D eigenvalue weighted by Gasteiger charge is 2.34. The first-order valence-corrected chi connectivity index (χ1v) is 9.04. The molecule has 1 aliphatic rings. The fourth-order valence-corrected chi connectivity index (χ4v) is 3.40. The van der Waals surface area contributed by atoms with Crippen LogP contribution in [-0.4, -0.2) is 41.6 Å². The molecule has 5 nitrogen and oxygen atoms in total. The SMILES string of the molecule is Cc1cccc(N2CCN(C(=O)Cn3cccc(C(F)(F)F)c3=O)CC2)c1C. The Balaban J connectivity index is 1.67. The molecule has 2 aromatic rings. The molecule has 28 heavy (non-hydrogen) atoms. The minimum absolute atomic E-state index is 0.359. The first kappa shape index (κ1) is 20.0. The molecule has 0 atom stereocenters. The lowest BCUT2D eigenvalue weighted by molar-refractivity contribution is -0.139. The van der Waals surface area contributed by atoms with Crippen LogP contribution in [0.3, 0.4) is 0 Å². The molecule has 1 aromatic heterocycles. The molecule has 0 unspecified atom stereocenters. The van der Waals surface area contributed by atoms with Gasteiger partial charge in [0.2, 0.25) is 5.91 Å². The zero-order chi connectivity index (χ0) is 20.5. The van der Waals surface area contributed by atoms with Crippen molar-refractivity contribution in [1.82, 2.24) is 9.47 Å². The molecule has 0 radical (unpaired) electrons. The number of hydrogen-bond acceptors (Lipinski definition) is 3. The monoisotopic (exact) mass is 393 g/mol. The van der Waals surface area contributed by atoms with Gasteiger partial charge in [-0.1, -0.05) is 12.1 Å². The van der Waals surface area contributed by atoms with Gasteiger partial charge in [-0.25, -0.2) is 0 Å². The van der Waals surface area contributed by atoms with Crippen molar-refractivity contribution in [3.8, 4) is 0 Å². The third-order valence-corrected chi connectivity index (χ3v) is 5.18. The molecule has 1 amide bonds. The van der Waals surface area contributed by atoms with Crippen LogP contribution in [0.15, 0.2) is 41.3 Å². The maximum absolute atomic E-state index is 12.9. The van der Waals surface area contributed by atoms with Gasteiger partial charge in [-0.2, -0.15) is 13.2 Å². The van der Waals surface area contributed by atoms with Crippen molar-refractivity contribution in [2.45, 2.75) is 26.6 Å². The molecule has 0 N–H and O–H groups in total. The zero-order valence-corrected chi connectivity index (χ0v) is 15.8. The predicted molar refractivity (Wildman–Crippen MR) is 100 cm³/mol. The van der Waals surface area contributed by atoms with Gasteiger partial charge in [-0.15, -0.1) is 0 Å². The van der Waals surface area contributed by atoms with E-state index in [1.807, 2.05) is 25.1 Å². The Morgan fingerprint density at radius 2 is 1.71 bits per heavy atom. The summed E-state index contributed by atoms with van der Waals surface area (Å²) in [5.41, 5.74) is 1.05. The Kier molecular flexibility index (Phi) is 5.49. The average molecular weight is 393 g/mol. The van der Waals surface area contributed by atoms with Gasteiger partial charge >= 0.3 is 6.18 Å². The first-order valence-electron chi connectivity index (χ1n) is 9.04. The second-order valence-corrected chi connectivity index (χ2v) is 6.94. The van der Waals surface area contributed by atoms with Crippen molar-refractivity contribution < 1.29 is 18.0 Å². The second-order valence-electron chi connectivity index (χ2n) is 6.94. The van der Waals surface area contributed by atoms with Crippen LogP contribution in [0.5, 0.6) is 0 Å². The fourth-order valence-electron chi connectivity index (χ4n) is 3.40. The number of rotatable bonds is 3. The molecule has 1 aliphatic heterocycles. The summed E-state index contributed by atoms with van der Waals surface area (Å²) in [4.78, 5) is 28.3. The van der Waals surface area contributed by atoms with Gasteiger partial charge in [0.25, 0.3) is 5.56 Å². The molecule has 1 saturated heterocycles. The number of aryl methyl sites for hydroxylation is 1. The summed E-state index contributed by atoms with van der Waals surface area (Å²) < 4.78 is 39.4. The molecule has 8 heteroatoms. The molecule has 3 rings (SSSR count). The van der Waals surface area contributed by atoms with Crippen molar-refractivity contribution >= 4 is 11.6 Å². The largest absolute Gasteiger partial charge is 0.421 e. The number of halogens is 3. The van der Waals surface area contributed by atoms with E-state index in [9.17, 15) is 22.8 Å². The van der Waals surface area contributed by atoms with Gasteiger partial charge in [0.05, 0.1) is 0 Å². The lowest BCUT2D eigenvalue weighted by atomic mass is 10.1. The summed E-state index contributed by atoms with van der Waals surface area (Å²) in [7, 11) is 0. The van der Waals surface area contributed by atoms with E-state index in [1.54, 1.807) is 4.90 Å². The summed E-state index contributed by atoms with van der Waals surface area (Å²) >= 11 is 0. The summed E-state index contributed by atoms with van der Waals surface area (Å²) in [6, 6.07) is 7.95. The van der Waals surface area contributed by atoms with E-state index < -0.39 is 23.8 Å². The first-order chi connectivity index (χ1) is 13.2. The minimum atomic E-state index is -4.74. The standard InChI is InChI=1S/C20H22F3N3O2/c1-14-5-3-7-17(15(14)2)24-9-11-25(12-10-24)18(27)13-26-8-4-6-16(19(26)28)20(21,22)23/h3-8H,9-13H2,1-2H3. The molecule has 1 aromatic carbocycles. The number of piperazine rings is 1. The minimum Gasteiger partial charge on any atom is -0.368 e. The Labute approximate surface area is 161 Å². The smallest absolute Gasteiger partial charge is 0.368 e. The highest BCUT2D eigenvalue weighted by molar-refractivity contribution is 5.76. The predicted octanol–water partition coefficient (Wildman–Crippen LogP) is 2.83. The third-order valence-electron chi connectivity index (χ3n) is 5.18. The molecule has 0 aliphatic carbocycles. The van der Waals surface area contributed by atoms with Crippen LogP contribution in [0.1, 0.15) is 16.7 Å². The number of pyridine rings is 1. The summed E-state index contributed by atoms with van der Waals surface area (Å²) in [5.74, 6) is -0.359. The Hall–Kier alpha value is -2.77. The van der Waals surface area contributed by atoms with Crippen LogP contribution in [0.4, 0.5) is 18.9 Å². The van der Waals surface area contributed by atoms with Gasteiger partial charge in [0.15, 0.2) is 0 Å². The van der Waals surface area contributed by atoms with E-state index in [0.29, 0.717) is 26.2 Å². The molecule has 2 heterocycles. The van der Waals surface area contributed by atoms with Crippen LogP contribution < -0.4 is 10.5 Å². The normalized spacial score (nSPS) is 15.0. The van der Waals surface area contributed by atoms with E-state index in [0.717, 1.165) is 22.4 Å². The van der Waals surface area contributed by atoms with E-state index in [1.165, 1.54) is 17.3 Å². The molecular weight excluding hydrogens is 371 g/mol. The van der Waals surface area contributed by atoms with Crippen molar-refractivity contribution in [1.29, 1.82) is 0 Å². The zero-order valence-electron chi connectivity index (χ0n) is 15.8. The average Bonchev–Trinajstić information content (AvgIpc) is 2.65. The van der Waals surface area contributed by atoms with Gasteiger partial charge in [0.1, 0.15) is 12.1 Å². The number of aromatic nitrogens is 1. The van der Waals surface area contributed by atoms with E-state index in [2.05, 4.69) is 11.8 Å². The maximum Gasteiger partial charge on any atom is 0.421 e. The number of nitrogens with zero attached hydrogens (tertiary/aromatic N) is 3. The van der Waals surface area contributed by atoms with E-state index >= 15 is 0 Å². The molecular formula is C20H22F3N3O2. The molecule has 0 spiro atoms. The summed E-state index contributed by atoms with van der Waals surface area (Å²) in [6.07, 6.45) is -3.53. The van der Waals surface area contributed by atoms with Crippen molar-refractivity contribution in [3.63, 3.8) is 0 Å². The second kappa shape index (κ2) is 7.69. The van der Waals surface area contributed by atoms with Crippen LogP contribution in [-0.2, 0) is 17.5 Å². The van der Waals surface area contributed by atoms with E-state index in [4.69, 9.17) is 0 Å². The van der Waals surface area contributed by atoms with Gasteiger partial charge in [-0.05, 0) is 43.2 Å². The highest BCUT2D eigenvalue weighted by atomic mass is 19.4. The lowest BCUT2D eigenvalue weighted by Gasteiger charge is -2.37.